The van der Waals surface area contributed by atoms with Gasteiger partial charge in [-0.3, -0.25) is 0 Å². The van der Waals surface area contributed by atoms with Gasteiger partial charge in [-0.25, -0.2) is 0 Å². The Labute approximate surface area is 186 Å². The fourth-order valence-corrected chi connectivity index (χ4v) is 4.85. The largest absolute Gasteiger partial charge is 0.494 e. The smallest absolute Gasteiger partial charge is 0.169 e. The highest BCUT2D eigenvalue weighted by Gasteiger charge is 2.38. The summed E-state index contributed by atoms with van der Waals surface area (Å²) in [7, 11) is 0. The van der Waals surface area contributed by atoms with Gasteiger partial charge in [0.1, 0.15) is 11.5 Å². The van der Waals surface area contributed by atoms with Gasteiger partial charge in [-0.05, 0) is 89.5 Å². The second kappa shape index (κ2) is 9.40. The van der Waals surface area contributed by atoms with Crippen molar-refractivity contribution in [3.63, 3.8) is 0 Å². The molecule has 0 aliphatic carbocycles. The monoisotopic (exact) mass is 429 g/mol. The molecule has 30 heavy (non-hydrogen) atoms. The minimum Gasteiger partial charge on any atom is -0.494 e. The number of furan rings is 1. The van der Waals surface area contributed by atoms with E-state index in [1.807, 2.05) is 31.2 Å². The lowest BCUT2D eigenvalue weighted by Crippen LogP contribution is -2.62. The Morgan fingerprint density at radius 1 is 1.13 bits per heavy atom. The molecular formula is C24H35N3O2S. The zero-order valence-corrected chi connectivity index (χ0v) is 19.6. The fraction of sp³-hybridized carbons (Fsp3) is 0.542. The molecule has 2 N–H and O–H groups in total. The summed E-state index contributed by atoms with van der Waals surface area (Å²) in [5.74, 6) is 1.79. The van der Waals surface area contributed by atoms with Crippen LogP contribution < -0.4 is 15.4 Å². The van der Waals surface area contributed by atoms with Crippen LogP contribution in [0.1, 0.15) is 58.8 Å². The number of piperidine rings is 1. The van der Waals surface area contributed by atoms with Gasteiger partial charge in [0, 0.05) is 23.7 Å². The molecule has 1 aromatic carbocycles. The molecule has 0 atom stereocenters. The first kappa shape index (κ1) is 22.6. The van der Waals surface area contributed by atoms with Crippen molar-refractivity contribution in [2.75, 3.05) is 6.61 Å². The normalized spacial score (nSPS) is 18.0. The van der Waals surface area contributed by atoms with Gasteiger partial charge in [0.15, 0.2) is 5.11 Å². The minimum atomic E-state index is 0.0655. The number of hydrogen-bond donors (Lipinski definition) is 2. The number of thiocarbonyl (C=S) groups is 1. The van der Waals surface area contributed by atoms with E-state index in [1.165, 1.54) is 5.56 Å². The van der Waals surface area contributed by atoms with Crippen molar-refractivity contribution in [2.45, 2.75) is 77.7 Å². The highest BCUT2D eigenvalue weighted by atomic mass is 32.1. The number of rotatable bonds is 7. The fourth-order valence-electron chi connectivity index (χ4n) is 4.56. The molecule has 1 fully saturated rings. The van der Waals surface area contributed by atoms with Crippen molar-refractivity contribution in [2.24, 2.45) is 0 Å². The number of nitrogens with one attached hydrogen (secondary N) is 2. The Morgan fingerprint density at radius 2 is 1.80 bits per heavy atom. The van der Waals surface area contributed by atoms with E-state index in [0.717, 1.165) is 29.5 Å². The lowest BCUT2D eigenvalue weighted by Gasteiger charge is -2.47. The SMILES string of the molecule is CCOc1ccc(CN(Cc2ccco2)C(=S)NC2CC(C)(C)NC(C)(C)C2)cc1. The quantitative estimate of drug-likeness (QED) is 0.613. The van der Waals surface area contributed by atoms with Crippen LogP contribution in [0.25, 0.3) is 0 Å². The lowest BCUT2D eigenvalue weighted by molar-refractivity contribution is 0.153. The van der Waals surface area contributed by atoms with E-state index in [-0.39, 0.29) is 11.1 Å². The third kappa shape index (κ3) is 6.47. The van der Waals surface area contributed by atoms with Crippen molar-refractivity contribution in [3.05, 3.63) is 54.0 Å². The summed E-state index contributed by atoms with van der Waals surface area (Å²) in [4.78, 5) is 2.17. The molecule has 5 nitrogen and oxygen atoms in total. The maximum Gasteiger partial charge on any atom is 0.169 e. The van der Waals surface area contributed by atoms with Crippen molar-refractivity contribution >= 4 is 17.3 Å². The molecule has 0 saturated carbocycles. The first-order chi connectivity index (χ1) is 14.2. The van der Waals surface area contributed by atoms with Crippen LogP contribution in [0.3, 0.4) is 0 Å². The summed E-state index contributed by atoms with van der Waals surface area (Å²) >= 11 is 5.87. The van der Waals surface area contributed by atoms with E-state index >= 15 is 0 Å². The standard InChI is InChI=1S/C24H35N3O2S/c1-6-28-20-11-9-18(10-12-20)16-27(17-21-8-7-13-29-21)22(30)25-19-14-23(2,3)26-24(4,5)15-19/h7-13,19,26H,6,14-17H2,1-5H3,(H,25,30). The van der Waals surface area contributed by atoms with Crippen LogP contribution in [0.2, 0.25) is 0 Å². The Balaban J connectivity index is 1.71. The molecule has 164 valence electrons. The van der Waals surface area contributed by atoms with Crippen molar-refractivity contribution in [1.29, 1.82) is 0 Å². The minimum absolute atomic E-state index is 0.0655. The van der Waals surface area contributed by atoms with E-state index in [9.17, 15) is 0 Å². The van der Waals surface area contributed by atoms with Crippen LogP contribution in [0.4, 0.5) is 0 Å². The van der Waals surface area contributed by atoms with Gasteiger partial charge in [-0.2, -0.15) is 0 Å². The molecule has 0 bridgehead atoms. The Hall–Kier alpha value is -2.05. The highest BCUT2D eigenvalue weighted by Crippen LogP contribution is 2.28. The van der Waals surface area contributed by atoms with Crippen LogP contribution in [0.15, 0.2) is 47.1 Å². The maximum absolute atomic E-state index is 5.87. The predicted molar refractivity (Wildman–Crippen MR) is 126 cm³/mol. The average molecular weight is 430 g/mol. The summed E-state index contributed by atoms with van der Waals surface area (Å²) in [6.45, 7) is 13.0. The predicted octanol–water partition coefficient (Wildman–Crippen LogP) is 4.86. The van der Waals surface area contributed by atoms with Crippen molar-refractivity contribution < 1.29 is 9.15 Å². The number of nitrogens with zero attached hydrogens (tertiary/aromatic N) is 1. The van der Waals surface area contributed by atoms with Crippen LogP contribution in [0, 0.1) is 0 Å². The average Bonchev–Trinajstić information content (AvgIpc) is 3.13. The van der Waals surface area contributed by atoms with Gasteiger partial charge in [0.05, 0.1) is 19.4 Å². The van der Waals surface area contributed by atoms with Gasteiger partial charge < -0.3 is 24.7 Å². The zero-order chi connectivity index (χ0) is 21.8. The Kier molecular flexibility index (Phi) is 7.09. The van der Waals surface area contributed by atoms with Crippen LogP contribution in [0.5, 0.6) is 5.75 Å². The number of hydrogen-bond acceptors (Lipinski definition) is 4. The van der Waals surface area contributed by atoms with Gasteiger partial charge in [-0.1, -0.05) is 12.1 Å². The molecule has 3 rings (SSSR count). The Morgan fingerprint density at radius 3 is 2.37 bits per heavy atom. The van der Waals surface area contributed by atoms with E-state index in [0.29, 0.717) is 25.7 Å². The van der Waals surface area contributed by atoms with E-state index in [2.05, 4.69) is 55.4 Å². The molecule has 1 saturated heterocycles. The molecule has 2 heterocycles. The molecule has 0 unspecified atom stereocenters. The maximum atomic E-state index is 5.87. The number of ether oxygens (including phenoxy) is 1. The Bertz CT molecular complexity index is 799. The van der Waals surface area contributed by atoms with Crippen LogP contribution in [-0.2, 0) is 13.1 Å². The van der Waals surface area contributed by atoms with Crippen molar-refractivity contribution in [1.82, 2.24) is 15.5 Å². The van der Waals surface area contributed by atoms with Gasteiger partial charge in [0.25, 0.3) is 0 Å². The second-order valence-electron chi connectivity index (χ2n) is 9.46. The summed E-state index contributed by atoms with van der Waals surface area (Å²) in [5.41, 5.74) is 1.31. The third-order valence-corrected chi connectivity index (χ3v) is 5.72. The molecule has 1 aliphatic heterocycles. The van der Waals surface area contributed by atoms with E-state index in [1.54, 1.807) is 6.26 Å². The van der Waals surface area contributed by atoms with Crippen LogP contribution in [-0.4, -0.2) is 33.7 Å². The van der Waals surface area contributed by atoms with E-state index < -0.39 is 0 Å². The summed E-state index contributed by atoms with van der Waals surface area (Å²) in [6, 6.07) is 12.4. The van der Waals surface area contributed by atoms with Gasteiger partial charge in [-0.15, -0.1) is 0 Å². The third-order valence-electron chi connectivity index (χ3n) is 5.34. The zero-order valence-electron chi connectivity index (χ0n) is 18.8. The van der Waals surface area contributed by atoms with Crippen molar-refractivity contribution in [3.8, 4) is 5.75 Å². The topological polar surface area (TPSA) is 49.7 Å². The molecule has 0 spiro atoms. The number of benzene rings is 1. The molecular weight excluding hydrogens is 394 g/mol. The molecule has 0 radical (unpaired) electrons. The van der Waals surface area contributed by atoms with Crippen LogP contribution >= 0.6 is 12.2 Å². The second-order valence-corrected chi connectivity index (χ2v) is 9.85. The molecule has 0 amide bonds. The summed E-state index contributed by atoms with van der Waals surface area (Å²) in [5, 5.41) is 8.14. The summed E-state index contributed by atoms with van der Waals surface area (Å²) in [6.07, 6.45) is 3.75. The van der Waals surface area contributed by atoms with Gasteiger partial charge in [0.2, 0.25) is 0 Å². The molecule has 6 heteroatoms. The molecule has 1 aliphatic rings. The van der Waals surface area contributed by atoms with E-state index in [4.69, 9.17) is 21.4 Å². The van der Waals surface area contributed by atoms with Gasteiger partial charge >= 0.3 is 0 Å². The highest BCUT2D eigenvalue weighted by molar-refractivity contribution is 7.80. The lowest BCUT2D eigenvalue weighted by atomic mass is 9.80. The summed E-state index contributed by atoms with van der Waals surface area (Å²) < 4.78 is 11.2. The first-order valence-corrected chi connectivity index (χ1v) is 11.2. The molecule has 1 aromatic heterocycles. The molecule has 2 aromatic rings. The first-order valence-electron chi connectivity index (χ1n) is 10.7.